The zero-order valence-corrected chi connectivity index (χ0v) is 15.8. The number of rotatable bonds is 6. The number of amides is 1. The largest absolute Gasteiger partial charge is 0.346 e. The summed E-state index contributed by atoms with van der Waals surface area (Å²) in [7, 11) is -3.88. The summed E-state index contributed by atoms with van der Waals surface area (Å²) in [5.74, 6) is -0.857. The third kappa shape index (κ3) is 5.35. The van der Waals surface area contributed by atoms with Crippen molar-refractivity contribution in [2.75, 3.05) is 13.1 Å². The van der Waals surface area contributed by atoms with Gasteiger partial charge in [0.2, 0.25) is 15.9 Å². The standard InChI is InChI=1S/C18H24FN2O4S/c1-13(2)5-10-18(23)20-16-4-3-11-21(12-17(16)22)26(24,25)15-8-6-14(19)7-9-15/h6-10,13,16H,3-5,11-12H2,1-2H3,(H,20,23)/t16-/m0/s1. The van der Waals surface area contributed by atoms with Crippen LogP contribution in [-0.2, 0) is 19.6 Å². The molecule has 1 aromatic rings. The molecule has 1 N–H and O–H groups in total. The summed E-state index contributed by atoms with van der Waals surface area (Å²) in [5, 5.41) is 2.67. The van der Waals surface area contributed by atoms with Crippen LogP contribution < -0.4 is 5.32 Å². The van der Waals surface area contributed by atoms with Gasteiger partial charge < -0.3 is 5.32 Å². The Balaban J connectivity index is 2.04. The van der Waals surface area contributed by atoms with E-state index in [-0.39, 0.29) is 29.7 Å². The van der Waals surface area contributed by atoms with Crippen molar-refractivity contribution >= 4 is 21.7 Å². The van der Waals surface area contributed by atoms with Crippen molar-refractivity contribution in [3.63, 3.8) is 0 Å². The van der Waals surface area contributed by atoms with Crippen molar-refractivity contribution in [1.29, 1.82) is 0 Å². The van der Waals surface area contributed by atoms with E-state index in [0.29, 0.717) is 25.2 Å². The van der Waals surface area contributed by atoms with Crippen molar-refractivity contribution in [3.05, 3.63) is 36.5 Å². The number of halogens is 1. The number of Topliss-reactive ketones (excluding diaryl/α,β-unsaturated/α-hetero) is 1. The predicted octanol–water partition coefficient (Wildman–Crippen LogP) is 1.91. The van der Waals surface area contributed by atoms with Gasteiger partial charge in [-0.1, -0.05) is 13.8 Å². The summed E-state index contributed by atoms with van der Waals surface area (Å²) in [6.45, 7) is 3.83. The van der Waals surface area contributed by atoms with Crippen LogP contribution in [0.1, 0.15) is 33.1 Å². The molecule has 2 rings (SSSR count). The molecule has 0 bridgehead atoms. The number of nitrogens with zero attached hydrogens (tertiary/aromatic N) is 1. The van der Waals surface area contributed by atoms with Gasteiger partial charge in [-0.3, -0.25) is 9.59 Å². The quantitative estimate of drug-likeness (QED) is 0.813. The van der Waals surface area contributed by atoms with Crippen LogP contribution in [0.5, 0.6) is 0 Å². The Morgan fingerprint density at radius 2 is 2.00 bits per heavy atom. The molecular formula is C18H24FN2O4S. The van der Waals surface area contributed by atoms with Gasteiger partial charge in [0.15, 0.2) is 5.78 Å². The van der Waals surface area contributed by atoms with Gasteiger partial charge in [-0.15, -0.1) is 0 Å². The molecule has 0 aliphatic carbocycles. The van der Waals surface area contributed by atoms with Gasteiger partial charge in [0, 0.05) is 13.0 Å². The summed E-state index contributed by atoms with van der Waals surface area (Å²) in [6, 6.07) is 3.81. The fraction of sp³-hybridized carbons (Fsp3) is 0.500. The third-order valence-corrected chi connectivity index (χ3v) is 6.02. The molecule has 1 aromatic carbocycles. The fourth-order valence-corrected chi connectivity index (χ4v) is 4.13. The normalized spacial score (nSPS) is 19.4. The number of nitrogens with one attached hydrogen (secondary N) is 1. The van der Waals surface area contributed by atoms with Crippen molar-refractivity contribution < 1.29 is 22.4 Å². The number of hydrogen-bond acceptors (Lipinski definition) is 4. The van der Waals surface area contributed by atoms with E-state index in [1.807, 2.05) is 13.8 Å². The third-order valence-electron chi connectivity index (χ3n) is 4.16. The van der Waals surface area contributed by atoms with Crippen LogP contribution in [0.2, 0.25) is 0 Å². The molecule has 0 spiro atoms. The van der Waals surface area contributed by atoms with E-state index < -0.39 is 21.9 Å². The summed E-state index contributed by atoms with van der Waals surface area (Å²) >= 11 is 0. The monoisotopic (exact) mass is 383 g/mol. The molecule has 0 saturated carbocycles. The molecule has 8 heteroatoms. The second-order valence-corrected chi connectivity index (χ2v) is 8.73. The Bertz CT molecular complexity index is 747. The first-order valence-electron chi connectivity index (χ1n) is 8.62. The molecular weight excluding hydrogens is 359 g/mol. The number of ketones is 1. The summed E-state index contributed by atoms with van der Waals surface area (Å²) in [4.78, 5) is 24.3. The second-order valence-electron chi connectivity index (χ2n) is 6.80. The van der Waals surface area contributed by atoms with Crippen LogP contribution in [0.4, 0.5) is 4.39 Å². The maximum Gasteiger partial charge on any atom is 0.243 e. The van der Waals surface area contributed by atoms with E-state index in [9.17, 15) is 22.4 Å². The van der Waals surface area contributed by atoms with E-state index in [1.54, 1.807) is 0 Å². The van der Waals surface area contributed by atoms with E-state index in [2.05, 4.69) is 5.32 Å². The van der Waals surface area contributed by atoms with Gasteiger partial charge >= 0.3 is 0 Å². The van der Waals surface area contributed by atoms with Crippen molar-refractivity contribution in [1.82, 2.24) is 9.62 Å². The minimum absolute atomic E-state index is 0.0561. The molecule has 0 aromatic heterocycles. The molecule has 1 heterocycles. The molecule has 1 atom stereocenters. The molecule has 0 unspecified atom stereocenters. The molecule has 1 aliphatic rings. The van der Waals surface area contributed by atoms with Crippen LogP contribution in [0.25, 0.3) is 0 Å². The first-order valence-corrected chi connectivity index (χ1v) is 10.1. The summed E-state index contributed by atoms with van der Waals surface area (Å²) in [5.41, 5.74) is 0. The minimum Gasteiger partial charge on any atom is -0.346 e. The lowest BCUT2D eigenvalue weighted by molar-refractivity contribution is -0.126. The minimum atomic E-state index is -3.88. The summed E-state index contributed by atoms with van der Waals surface area (Å²) < 4.78 is 39.4. The fourth-order valence-electron chi connectivity index (χ4n) is 2.68. The number of sulfonamides is 1. The second kappa shape index (κ2) is 8.73. The lowest BCUT2D eigenvalue weighted by Crippen LogP contribution is -2.44. The highest BCUT2D eigenvalue weighted by molar-refractivity contribution is 7.89. The summed E-state index contributed by atoms with van der Waals surface area (Å²) in [6.07, 6.45) is 2.95. The average Bonchev–Trinajstić information content (AvgIpc) is 2.76. The van der Waals surface area contributed by atoms with E-state index in [4.69, 9.17) is 0 Å². The Kier molecular flexibility index (Phi) is 6.88. The average molecular weight is 383 g/mol. The smallest absolute Gasteiger partial charge is 0.243 e. The number of benzene rings is 1. The van der Waals surface area contributed by atoms with E-state index in [1.165, 1.54) is 18.6 Å². The van der Waals surface area contributed by atoms with Crippen LogP contribution in [0.3, 0.4) is 0 Å². The Morgan fingerprint density at radius 3 is 2.62 bits per heavy atom. The first kappa shape index (κ1) is 20.5. The molecule has 1 aliphatic heterocycles. The maximum absolute atomic E-state index is 13.0. The van der Waals surface area contributed by atoms with Crippen LogP contribution >= 0.6 is 0 Å². The number of carbonyl (C=O) groups is 2. The highest BCUT2D eigenvalue weighted by Crippen LogP contribution is 2.20. The van der Waals surface area contributed by atoms with Crippen molar-refractivity contribution in [2.45, 2.75) is 44.0 Å². The molecule has 26 heavy (non-hydrogen) atoms. The highest BCUT2D eigenvalue weighted by Gasteiger charge is 2.32. The molecule has 1 fully saturated rings. The Morgan fingerprint density at radius 1 is 1.35 bits per heavy atom. The van der Waals surface area contributed by atoms with Gasteiger partial charge in [0.1, 0.15) is 5.82 Å². The number of hydrogen-bond donors (Lipinski definition) is 1. The Labute approximate surface area is 153 Å². The molecule has 6 nitrogen and oxygen atoms in total. The maximum atomic E-state index is 13.0. The van der Waals surface area contributed by atoms with E-state index in [0.717, 1.165) is 16.4 Å². The molecule has 1 amide bonds. The van der Waals surface area contributed by atoms with Crippen LogP contribution in [0.15, 0.2) is 29.2 Å². The van der Waals surface area contributed by atoms with Gasteiger partial charge in [0.25, 0.3) is 0 Å². The Hall–Kier alpha value is -1.80. The molecule has 143 valence electrons. The van der Waals surface area contributed by atoms with Gasteiger partial charge in [-0.2, -0.15) is 4.31 Å². The SMILES string of the molecule is CC(C)C[CH]C(=O)N[C@H]1CCCN(S(=O)(=O)c2ccc(F)cc2)CC1=O. The predicted molar refractivity (Wildman–Crippen MR) is 95.1 cm³/mol. The van der Waals surface area contributed by atoms with Gasteiger partial charge in [-0.05, 0) is 49.4 Å². The first-order chi connectivity index (χ1) is 12.2. The molecule has 1 saturated heterocycles. The number of carbonyl (C=O) groups excluding carboxylic acids is 2. The van der Waals surface area contributed by atoms with Crippen LogP contribution in [-0.4, -0.2) is 43.5 Å². The van der Waals surface area contributed by atoms with Gasteiger partial charge in [0.05, 0.1) is 17.5 Å². The topological polar surface area (TPSA) is 83.6 Å². The zero-order chi connectivity index (χ0) is 19.3. The van der Waals surface area contributed by atoms with Crippen molar-refractivity contribution in [2.24, 2.45) is 5.92 Å². The van der Waals surface area contributed by atoms with Crippen LogP contribution in [0, 0.1) is 18.2 Å². The van der Waals surface area contributed by atoms with E-state index >= 15 is 0 Å². The lowest BCUT2D eigenvalue weighted by Gasteiger charge is -2.20. The van der Waals surface area contributed by atoms with Gasteiger partial charge in [-0.25, -0.2) is 12.8 Å². The molecule has 1 radical (unpaired) electrons. The zero-order valence-electron chi connectivity index (χ0n) is 14.9. The van der Waals surface area contributed by atoms with Crippen molar-refractivity contribution in [3.8, 4) is 0 Å². The lowest BCUT2D eigenvalue weighted by atomic mass is 10.1. The highest BCUT2D eigenvalue weighted by atomic mass is 32.2.